The maximum absolute atomic E-state index is 6.18. The van der Waals surface area contributed by atoms with E-state index in [1.807, 2.05) is 97.1 Å². The minimum absolute atomic E-state index is 0.757. The Morgan fingerprint density at radius 3 is 0.875 bits per heavy atom. The van der Waals surface area contributed by atoms with Gasteiger partial charge in [-0.1, -0.05) is 158 Å². The van der Waals surface area contributed by atoms with Gasteiger partial charge >= 0.3 is 0 Å². The summed E-state index contributed by atoms with van der Waals surface area (Å²) in [6.45, 7) is 0. The van der Waals surface area contributed by atoms with E-state index in [-0.39, 0.29) is 0 Å². The summed E-state index contributed by atoms with van der Waals surface area (Å²) in [6.07, 6.45) is 0. The van der Waals surface area contributed by atoms with E-state index in [4.69, 9.17) is 19.4 Å². The Morgan fingerprint density at radius 2 is 0.516 bits per heavy atom. The summed E-state index contributed by atoms with van der Waals surface area (Å²) < 4.78 is 12.4. The summed E-state index contributed by atoms with van der Waals surface area (Å²) in [7, 11) is 0. The molecular weight excluding hydrogens is 781 g/mol. The van der Waals surface area contributed by atoms with Crippen LogP contribution in [0.3, 0.4) is 0 Å². The zero-order valence-electron chi connectivity index (χ0n) is 34.8. The van der Waals surface area contributed by atoms with Crippen molar-refractivity contribution in [2.75, 3.05) is 0 Å². The highest BCUT2D eigenvalue weighted by Crippen LogP contribution is 2.41. The SMILES string of the molecule is c1ccc(Oc2ccc(-c3cc(-c4ccc(-c5ccccc5)cc4)c4ccc5c(-c6ccc(-c7ccccc7)cc6)cc(-c6ccc(Oc7ccccc7)cc6)nc5c4n3)cc2)cc1. The van der Waals surface area contributed by atoms with E-state index in [1.165, 1.54) is 11.1 Å². The van der Waals surface area contributed by atoms with Crippen LogP contribution >= 0.6 is 0 Å². The number of hydrogen-bond donors (Lipinski definition) is 0. The molecular formula is C60H40N2O2. The van der Waals surface area contributed by atoms with Crippen molar-refractivity contribution >= 4 is 21.8 Å². The van der Waals surface area contributed by atoms with Crippen molar-refractivity contribution in [1.29, 1.82) is 0 Å². The molecule has 64 heavy (non-hydrogen) atoms. The summed E-state index contributed by atoms with van der Waals surface area (Å²) in [5.74, 6) is 3.09. The third kappa shape index (κ3) is 7.88. The average Bonchev–Trinajstić information content (AvgIpc) is 3.37. The molecule has 0 aliphatic heterocycles. The average molecular weight is 821 g/mol. The van der Waals surface area contributed by atoms with Crippen LogP contribution in [0.2, 0.25) is 0 Å². The molecule has 0 aliphatic carbocycles. The topological polar surface area (TPSA) is 44.2 Å². The van der Waals surface area contributed by atoms with Gasteiger partial charge in [0.1, 0.15) is 23.0 Å². The van der Waals surface area contributed by atoms with Crippen molar-refractivity contribution < 1.29 is 9.47 Å². The summed E-state index contributed by atoms with van der Waals surface area (Å²) in [5.41, 5.74) is 14.3. The van der Waals surface area contributed by atoms with E-state index < -0.39 is 0 Å². The Kier molecular flexibility index (Phi) is 10.2. The van der Waals surface area contributed by atoms with Crippen molar-refractivity contribution in [2.45, 2.75) is 0 Å². The molecule has 0 spiro atoms. The van der Waals surface area contributed by atoms with Gasteiger partial charge in [0.15, 0.2) is 0 Å². The third-order valence-electron chi connectivity index (χ3n) is 11.6. The number of rotatable bonds is 10. The van der Waals surface area contributed by atoms with Crippen LogP contribution in [-0.2, 0) is 0 Å². The highest BCUT2D eigenvalue weighted by molar-refractivity contribution is 6.13. The van der Waals surface area contributed by atoms with Crippen LogP contribution in [-0.4, -0.2) is 9.97 Å². The predicted octanol–water partition coefficient (Wildman–Crippen LogP) is 16.4. The first-order valence-corrected chi connectivity index (χ1v) is 21.5. The Labute approximate surface area is 372 Å². The largest absolute Gasteiger partial charge is 0.457 e. The van der Waals surface area contributed by atoms with E-state index in [9.17, 15) is 0 Å². The van der Waals surface area contributed by atoms with Crippen LogP contribution in [0.1, 0.15) is 0 Å². The Morgan fingerprint density at radius 1 is 0.234 bits per heavy atom. The minimum Gasteiger partial charge on any atom is -0.457 e. The van der Waals surface area contributed by atoms with Crippen LogP contribution in [0.25, 0.3) is 88.8 Å². The monoisotopic (exact) mass is 820 g/mol. The fourth-order valence-corrected chi connectivity index (χ4v) is 8.33. The molecule has 0 unspecified atom stereocenters. The van der Waals surface area contributed by atoms with Crippen molar-refractivity contribution in [3.8, 4) is 90.0 Å². The zero-order valence-corrected chi connectivity index (χ0v) is 34.8. The number of aromatic nitrogens is 2. The van der Waals surface area contributed by atoms with Crippen LogP contribution < -0.4 is 9.47 Å². The molecule has 2 heterocycles. The molecule has 0 fully saturated rings. The molecule has 0 saturated heterocycles. The standard InChI is InChI=1S/C60H40N2O2/c1-5-13-41(14-6-1)43-21-25-45(26-22-43)55-39-57(47-29-33-51(34-30-47)63-49-17-9-3-10-18-49)61-59-53(55)37-38-54-56(46-27-23-44(24-28-46)42-15-7-2-8-16-42)40-58(62-60(54)59)48-31-35-52(36-32-48)64-50-19-11-4-12-20-50/h1-40H. The lowest BCUT2D eigenvalue weighted by molar-refractivity contribution is 0.482. The second kappa shape index (κ2) is 17.0. The van der Waals surface area contributed by atoms with Crippen molar-refractivity contribution in [2.24, 2.45) is 0 Å². The first-order chi connectivity index (χ1) is 31.7. The predicted molar refractivity (Wildman–Crippen MR) is 263 cm³/mol. The molecule has 0 bridgehead atoms. The van der Waals surface area contributed by atoms with Gasteiger partial charge < -0.3 is 9.47 Å². The zero-order chi connectivity index (χ0) is 42.7. The first kappa shape index (κ1) is 38.3. The summed E-state index contributed by atoms with van der Waals surface area (Å²) in [6, 6.07) is 83.5. The smallest absolute Gasteiger partial charge is 0.127 e. The van der Waals surface area contributed by atoms with E-state index in [0.29, 0.717) is 0 Å². The molecule has 0 atom stereocenters. The molecule has 0 radical (unpaired) electrons. The number of para-hydroxylation sites is 2. The van der Waals surface area contributed by atoms with Gasteiger partial charge in [0.05, 0.1) is 22.4 Å². The maximum Gasteiger partial charge on any atom is 0.127 e. The highest BCUT2D eigenvalue weighted by atomic mass is 16.5. The number of hydrogen-bond acceptors (Lipinski definition) is 4. The minimum atomic E-state index is 0.757. The fraction of sp³-hybridized carbons (Fsp3) is 0. The van der Waals surface area contributed by atoms with Gasteiger partial charge in [-0.15, -0.1) is 0 Å². The first-order valence-electron chi connectivity index (χ1n) is 21.5. The van der Waals surface area contributed by atoms with Crippen LogP contribution in [0.4, 0.5) is 0 Å². The van der Waals surface area contributed by atoms with Gasteiger partial charge in [-0.2, -0.15) is 0 Å². The lowest BCUT2D eigenvalue weighted by atomic mass is 9.92. The molecule has 4 nitrogen and oxygen atoms in total. The molecule has 0 amide bonds. The highest BCUT2D eigenvalue weighted by Gasteiger charge is 2.18. The van der Waals surface area contributed by atoms with Gasteiger partial charge in [0, 0.05) is 21.9 Å². The lowest BCUT2D eigenvalue weighted by Crippen LogP contribution is -1.96. The van der Waals surface area contributed by atoms with E-state index in [2.05, 4.69) is 146 Å². The van der Waals surface area contributed by atoms with E-state index in [1.54, 1.807) is 0 Å². The van der Waals surface area contributed by atoms with Crippen molar-refractivity contribution in [3.63, 3.8) is 0 Å². The molecule has 2 aromatic heterocycles. The summed E-state index contributed by atoms with van der Waals surface area (Å²) >= 11 is 0. The lowest BCUT2D eigenvalue weighted by Gasteiger charge is -2.16. The number of benzene rings is 9. The molecule has 11 rings (SSSR count). The van der Waals surface area contributed by atoms with E-state index in [0.717, 1.165) is 101 Å². The number of ether oxygens (including phenoxy) is 2. The Bertz CT molecular complexity index is 3130. The summed E-state index contributed by atoms with van der Waals surface area (Å²) in [4.78, 5) is 11.0. The van der Waals surface area contributed by atoms with Gasteiger partial charge in [0.2, 0.25) is 0 Å². The van der Waals surface area contributed by atoms with Gasteiger partial charge in [-0.3, -0.25) is 0 Å². The molecule has 0 saturated carbocycles. The Hall–Kier alpha value is -8.60. The number of pyridine rings is 2. The van der Waals surface area contributed by atoms with Gasteiger partial charge in [-0.05, 0) is 129 Å². The molecule has 11 aromatic rings. The van der Waals surface area contributed by atoms with E-state index >= 15 is 0 Å². The molecule has 4 heteroatoms. The van der Waals surface area contributed by atoms with Crippen LogP contribution in [0.5, 0.6) is 23.0 Å². The second-order valence-electron chi connectivity index (χ2n) is 15.7. The van der Waals surface area contributed by atoms with Crippen molar-refractivity contribution in [1.82, 2.24) is 9.97 Å². The molecule has 302 valence electrons. The quantitative estimate of drug-likeness (QED) is 0.129. The second-order valence-corrected chi connectivity index (χ2v) is 15.7. The van der Waals surface area contributed by atoms with Crippen LogP contribution in [0.15, 0.2) is 243 Å². The third-order valence-corrected chi connectivity index (χ3v) is 11.6. The van der Waals surface area contributed by atoms with Crippen LogP contribution in [0, 0.1) is 0 Å². The van der Waals surface area contributed by atoms with Crippen molar-refractivity contribution in [3.05, 3.63) is 243 Å². The van der Waals surface area contributed by atoms with Gasteiger partial charge in [0.25, 0.3) is 0 Å². The molecule has 0 N–H and O–H groups in total. The number of fused-ring (bicyclic) bond motifs is 3. The normalized spacial score (nSPS) is 11.1. The summed E-state index contributed by atoms with van der Waals surface area (Å²) in [5, 5.41) is 2.05. The maximum atomic E-state index is 6.18. The number of nitrogens with zero attached hydrogens (tertiary/aromatic N) is 2. The molecule has 0 aliphatic rings. The Balaban J connectivity index is 1.09. The fourth-order valence-electron chi connectivity index (χ4n) is 8.33. The molecule has 9 aromatic carbocycles. The van der Waals surface area contributed by atoms with Gasteiger partial charge in [-0.25, -0.2) is 9.97 Å².